The Balaban J connectivity index is 1.99. The van der Waals surface area contributed by atoms with Crippen molar-refractivity contribution in [1.29, 1.82) is 0 Å². The lowest BCUT2D eigenvalue weighted by molar-refractivity contribution is 0.160. The van der Waals surface area contributed by atoms with Gasteiger partial charge in [-0.25, -0.2) is 4.98 Å². The number of aliphatic hydroxyl groups is 1. The van der Waals surface area contributed by atoms with Crippen LogP contribution in [0.25, 0.3) is 10.6 Å². The van der Waals surface area contributed by atoms with E-state index in [1.165, 1.54) is 0 Å². The minimum absolute atomic E-state index is 0.325. The van der Waals surface area contributed by atoms with Crippen molar-refractivity contribution in [1.82, 2.24) is 4.98 Å². The van der Waals surface area contributed by atoms with Crippen LogP contribution in [-0.4, -0.2) is 24.2 Å². The zero-order valence-electron chi connectivity index (χ0n) is 11.6. The molecular formula is C15H17BrN2OS. The van der Waals surface area contributed by atoms with Crippen molar-refractivity contribution in [2.45, 2.75) is 25.4 Å². The number of anilines is 1. The summed E-state index contributed by atoms with van der Waals surface area (Å²) in [5.74, 6) is 0. The molecule has 0 amide bonds. The predicted octanol–water partition coefficient (Wildman–Crippen LogP) is 4.01. The molecule has 106 valence electrons. The summed E-state index contributed by atoms with van der Waals surface area (Å²) in [4.78, 5) is 7.84. The Kier molecular flexibility index (Phi) is 3.84. The van der Waals surface area contributed by atoms with E-state index >= 15 is 0 Å². The minimum Gasteiger partial charge on any atom is -0.388 e. The molecule has 1 unspecified atom stereocenters. The monoisotopic (exact) mass is 352 g/mol. The smallest absolute Gasteiger partial charge is 0.124 e. The van der Waals surface area contributed by atoms with Gasteiger partial charge < -0.3 is 10.0 Å². The molecule has 3 nitrogen and oxygen atoms in total. The van der Waals surface area contributed by atoms with E-state index in [-0.39, 0.29) is 6.10 Å². The molecule has 1 heterocycles. The molecule has 0 spiro atoms. The summed E-state index contributed by atoms with van der Waals surface area (Å²) in [6.07, 6.45) is 2.55. The van der Waals surface area contributed by atoms with E-state index in [9.17, 15) is 5.11 Å². The predicted molar refractivity (Wildman–Crippen MR) is 87.5 cm³/mol. The second-order valence-corrected chi connectivity index (χ2v) is 7.18. The summed E-state index contributed by atoms with van der Waals surface area (Å²) in [5.41, 5.74) is 3.33. The van der Waals surface area contributed by atoms with Gasteiger partial charge in [-0.2, -0.15) is 0 Å². The van der Waals surface area contributed by atoms with Gasteiger partial charge in [0.05, 0.1) is 22.4 Å². The lowest BCUT2D eigenvalue weighted by Crippen LogP contribution is -2.09. The van der Waals surface area contributed by atoms with E-state index in [0.717, 1.165) is 50.6 Å². The van der Waals surface area contributed by atoms with Crippen molar-refractivity contribution in [2.75, 3.05) is 19.0 Å². The van der Waals surface area contributed by atoms with Gasteiger partial charge in [0.1, 0.15) is 5.01 Å². The first kappa shape index (κ1) is 14.0. The number of aryl methyl sites for hydroxylation is 1. The fourth-order valence-electron chi connectivity index (χ4n) is 2.52. The molecule has 0 radical (unpaired) electrons. The van der Waals surface area contributed by atoms with Crippen molar-refractivity contribution in [2.24, 2.45) is 0 Å². The molecule has 0 fully saturated rings. The van der Waals surface area contributed by atoms with Gasteiger partial charge in [0.25, 0.3) is 0 Å². The van der Waals surface area contributed by atoms with Gasteiger partial charge in [-0.15, -0.1) is 11.3 Å². The van der Waals surface area contributed by atoms with Crippen molar-refractivity contribution in [3.8, 4) is 10.6 Å². The van der Waals surface area contributed by atoms with E-state index in [0.29, 0.717) is 0 Å². The van der Waals surface area contributed by atoms with E-state index in [1.807, 2.05) is 14.1 Å². The summed E-state index contributed by atoms with van der Waals surface area (Å²) in [6, 6.07) is 6.29. The highest BCUT2D eigenvalue weighted by molar-refractivity contribution is 9.10. The Hall–Kier alpha value is -0.910. The second kappa shape index (κ2) is 5.47. The van der Waals surface area contributed by atoms with Crippen LogP contribution in [0.15, 0.2) is 22.7 Å². The van der Waals surface area contributed by atoms with Crippen molar-refractivity contribution in [3.63, 3.8) is 0 Å². The van der Waals surface area contributed by atoms with E-state index in [4.69, 9.17) is 4.98 Å². The summed E-state index contributed by atoms with van der Waals surface area (Å²) < 4.78 is 1.06. The zero-order valence-corrected chi connectivity index (χ0v) is 14.0. The molecule has 0 saturated heterocycles. The van der Waals surface area contributed by atoms with Gasteiger partial charge in [-0.1, -0.05) is 0 Å². The molecule has 0 saturated carbocycles. The maximum absolute atomic E-state index is 10.0. The van der Waals surface area contributed by atoms with Crippen LogP contribution in [0.1, 0.15) is 29.5 Å². The number of nitrogens with zero attached hydrogens (tertiary/aromatic N) is 2. The molecule has 1 aliphatic rings. The molecule has 2 aromatic rings. The molecule has 0 bridgehead atoms. The lowest BCUT2D eigenvalue weighted by atomic mass is 10.0. The highest BCUT2D eigenvalue weighted by atomic mass is 79.9. The van der Waals surface area contributed by atoms with Crippen LogP contribution in [0.5, 0.6) is 0 Å². The third kappa shape index (κ3) is 2.50. The van der Waals surface area contributed by atoms with Gasteiger partial charge in [0.15, 0.2) is 0 Å². The first-order valence-corrected chi connectivity index (χ1v) is 8.32. The van der Waals surface area contributed by atoms with Crippen LogP contribution >= 0.6 is 27.3 Å². The van der Waals surface area contributed by atoms with Gasteiger partial charge >= 0.3 is 0 Å². The summed E-state index contributed by atoms with van der Waals surface area (Å²) in [6.45, 7) is 0. The Morgan fingerprint density at radius 1 is 1.40 bits per heavy atom. The average Bonchev–Trinajstić information content (AvgIpc) is 2.83. The maximum Gasteiger partial charge on any atom is 0.124 e. The van der Waals surface area contributed by atoms with Gasteiger partial charge in [0, 0.05) is 24.1 Å². The summed E-state index contributed by atoms with van der Waals surface area (Å²) in [7, 11) is 4.05. The molecule has 1 N–H and O–H groups in total. The fraction of sp³-hybridized carbons (Fsp3) is 0.400. The number of hydrogen-bond acceptors (Lipinski definition) is 4. The van der Waals surface area contributed by atoms with E-state index in [2.05, 4.69) is 39.0 Å². The summed E-state index contributed by atoms with van der Waals surface area (Å²) >= 11 is 5.24. The third-order valence-electron chi connectivity index (χ3n) is 3.60. The number of benzene rings is 1. The van der Waals surface area contributed by atoms with Crippen molar-refractivity contribution < 1.29 is 5.11 Å². The number of rotatable bonds is 2. The third-order valence-corrected chi connectivity index (χ3v) is 5.48. The molecule has 20 heavy (non-hydrogen) atoms. The Morgan fingerprint density at radius 2 is 2.20 bits per heavy atom. The SMILES string of the molecule is CN(C)c1ccc(-c2nc3c(s2)C(O)CCC3)cc1Br. The quantitative estimate of drug-likeness (QED) is 0.886. The maximum atomic E-state index is 10.0. The van der Waals surface area contributed by atoms with Gasteiger partial charge in [-0.05, 0) is 53.4 Å². The highest BCUT2D eigenvalue weighted by Crippen LogP contribution is 2.39. The van der Waals surface area contributed by atoms with E-state index < -0.39 is 0 Å². The average molecular weight is 353 g/mol. The molecule has 3 rings (SSSR count). The van der Waals surface area contributed by atoms with Crippen molar-refractivity contribution in [3.05, 3.63) is 33.2 Å². The first-order valence-electron chi connectivity index (χ1n) is 6.71. The number of halogens is 1. The Labute approximate surface area is 131 Å². The topological polar surface area (TPSA) is 36.4 Å². The second-order valence-electron chi connectivity index (χ2n) is 5.30. The van der Waals surface area contributed by atoms with Crippen LogP contribution < -0.4 is 4.90 Å². The zero-order chi connectivity index (χ0) is 14.3. The molecular weight excluding hydrogens is 336 g/mol. The molecule has 1 aromatic carbocycles. The molecule has 5 heteroatoms. The number of aromatic nitrogens is 1. The number of fused-ring (bicyclic) bond motifs is 1. The fourth-order valence-corrected chi connectivity index (χ4v) is 4.38. The van der Waals surface area contributed by atoms with Crippen LogP contribution in [0.3, 0.4) is 0 Å². The highest BCUT2D eigenvalue weighted by Gasteiger charge is 2.23. The number of aliphatic hydroxyl groups excluding tert-OH is 1. The van der Waals surface area contributed by atoms with Crippen LogP contribution in [-0.2, 0) is 6.42 Å². The molecule has 0 aliphatic heterocycles. The normalized spacial score (nSPS) is 17.9. The van der Waals surface area contributed by atoms with Gasteiger partial charge in [0.2, 0.25) is 0 Å². The number of thiazole rings is 1. The Bertz CT molecular complexity index is 639. The minimum atomic E-state index is -0.325. The molecule has 1 aromatic heterocycles. The van der Waals surface area contributed by atoms with Crippen LogP contribution in [0.4, 0.5) is 5.69 Å². The van der Waals surface area contributed by atoms with E-state index in [1.54, 1.807) is 11.3 Å². The number of hydrogen-bond donors (Lipinski definition) is 1. The molecule has 1 aliphatic carbocycles. The summed E-state index contributed by atoms with van der Waals surface area (Å²) in [5, 5.41) is 11.0. The lowest BCUT2D eigenvalue weighted by Gasteiger charge is -2.14. The van der Waals surface area contributed by atoms with Gasteiger partial charge in [-0.3, -0.25) is 0 Å². The van der Waals surface area contributed by atoms with Crippen molar-refractivity contribution >= 4 is 33.0 Å². The Morgan fingerprint density at radius 3 is 2.85 bits per heavy atom. The van der Waals surface area contributed by atoms with Crippen LogP contribution in [0, 0.1) is 0 Å². The standard InChI is InChI=1S/C15H17BrN2OS/c1-18(2)12-7-6-9(8-10(12)16)15-17-11-4-3-5-13(19)14(11)20-15/h6-8,13,19H,3-5H2,1-2H3. The largest absolute Gasteiger partial charge is 0.388 e. The first-order chi connectivity index (χ1) is 9.56. The molecule has 1 atom stereocenters. The van der Waals surface area contributed by atoms with Crippen LogP contribution in [0.2, 0.25) is 0 Å².